The molecule has 1 aliphatic rings. The van der Waals surface area contributed by atoms with Crippen molar-refractivity contribution in [3.63, 3.8) is 0 Å². The lowest BCUT2D eigenvalue weighted by Gasteiger charge is -2.27. The van der Waals surface area contributed by atoms with Gasteiger partial charge >= 0.3 is 0 Å². The normalized spacial score (nSPS) is 16.5. The van der Waals surface area contributed by atoms with E-state index in [1.54, 1.807) is 7.11 Å². The first-order chi connectivity index (χ1) is 9.15. The van der Waals surface area contributed by atoms with Gasteiger partial charge in [0.15, 0.2) is 0 Å². The molecule has 1 aromatic heterocycles. The van der Waals surface area contributed by atoms with Crippen molar-refractivity contribution >= 4 is 5.71 Å². The highest BCUT2D eigenvalue weighted by Gasteiger charge is 2.18. The van der Waals surface area contributed by atoms with Gasteiger partial charge in [-0.05, 0) is 13.8 Å². The van der Waals surface area contributed by atoms with Crippen molar-refractivity contribution in [2.45, 2.75) is 33.2 Å². The Morgan fingerprint density at radius 3 is 2.63 bits per heavy atom. The molecule has 0 bridgehead atoms. The molecule has 0 saturated carbocycles. The zero-order chi connectivity index (χ0) is 13.8. The monoisotopic (exact) mass is 263 g/mol. The lowest BCUT2D eigenvalue weighted by atomic mass is 10.1. The summed E-state index contributed by atoms with van der Waals surface area (Å²) in [7, 11) is 1.70. The van der Waals surface area contributed by atoms with Crippen molar-refractivity contribution in [1.82, 2.24) is 9.88 Å². The molecule has 0 atom stereocenters. The predicted molar refractivity (Wildman–Crippen MR) is 74.0 cm³/mol. The number of pyridine rings is 1. The second-order valence-corrected chi connectivity index (χ2v) is 4.99. The number of oxime groups is 1. The summed E-state index contributed by atoms with van der Waals surface area (Å²) in [5.41, 5.74) is 4.13. The highest BCUT2D eigenvalue weighted by molar-refractivity contribution is 5.84. The molecular formula is C14H21N3O2. The summed E-state index contributed by atoms with van der Waals surface area (Å²) in [4.78, 5) is 6.85. The number of aromatic nitrogens is 1. The lowest BCUT2D eigenvalue weighted by molar-refractivity contribution is 0.252. The molecule has 19 heavy (non-hydrogen) atoms. The third-order valence-electron chi connectivity index (χ3n) is 3.70. The van der Waals surface area contributed by atoms with Crippen LogP contribution in [0.5, 0.6) is 5.75 Å². The number of likely N-dealkylation sites (tertiary alicyclic amines) is 1. The predicted octanol–water partition coefficient (Wildman–Crippen LogP) is 2.13. The lowest BCUT2D eigenvalue weighted by Crippen LogP contribution is -2.33. The van der Waals surface area contributed by atoms with Crippen LogP contribution in [0.4, 0.5) is 0 Å². The van der Waals surface area contributed by atoms with Crippen molar-refractivity contribution in [1.29, 1.82) is 0 Å². The summed E-state index contributed by atoms with van der Waals surface area (Å²) >= 11 is 0. The Kier molecular flexibility index (Phi) is 4.37. The second kappa shape index (κ2) is 6.02. The zero-order valence-corrected chi connectivity index (χ0v) is 11.8. The van der Waals surface area contributed by atoms with E-state index in [9.17, 15) is 0 Å². The Balaban J connectivity index is 2.08. The minimum absolute atomic E-state index is 0.821. The number of hydrogen-bond donors (Lipinski definition) is 1. The molecule has 5 nitrogen and oxygen atoms in total. The first kappa shape index (κ1) is 13.8. The molecule has 1 saturated heterocycles. The van der Waals surface area contributed by atoms with E-state index in [2.05, 4.69) is 22.0 Å². The van der Waals surface area contributed by atoms with Crippen LogP contribution in [-0.2, 0) is 6.54 Å². The van der Waals surface area contributed by atoms with Gasteiger partial charge in [-0.2, -0.15) is 0 Å². The Morgan fingerprint density at radius 1 is 1.37 bits per heavy atom. The number of piperidine rings is 1. The van der Waals surface area contributed by atoms with E-state index in [1.165, 1.54) is 0 Å². The second-order valence-electron chi connectivity index (χ2n) is 4.99. The number of methoxy groups -OCH3 is 1. The van der Waals surface area contributed by atoms with Crippen LogP contribution in [0.3, 0.4) is 0 Å². The van der Waals surface area contributed by atoms with Gasteiger partial charge in [-0.3, -0.25) is 9.88 Å². The first-order valence-corrected chi connectivity index (χ1v) is 6.57. The van der Waals surface area contributed by atoms with Gasteiger partial charge < -0.3 is 9.94 Å². The van der Waals surface area contributed by atoms with Gasteiger partial charge in [0.25, 0.3) is 0 Å². The molecule has 1 fully saturated rings. The minimum atomic E-state index is 0.821. The number of aryl methyl sites for hydroxylation is 1. The third-order valence-corrected chi connectivity index (χ3v) is 3.70. The molecule has 1 aliphatic heterocycles. The molecule has 0 radical (unpaired) electrons. The molecule has 0 spiro atoms. The maximum atomic E-state index is 8.75. The van der Waals surface area contributed by atoms with E-state index in [0.717, 1.165) is 60.8 Å². The van der Waals surface area contributed by atoms with Gasteiger partial charge in [-0.1, -0.05) is 5.16 Å². The van der Waals surface area contributed by atoms with Crippen LogP contribution in [0.1, 0.15) is 29.7 Å². The van der Waals surface area contributed by atoms with E-state index in [4.69, 9.17) is 9.94 Å². The molecule has 0 aromatic carbocycles. The van der Waals surface area contributed by atoms with Crippen LogP contribution >= 0.6 is 0 Å². The average molecular weight is 263 g/mol. The number of nitrogens with zero attached hydrogens (tertiary/aromatic N) is 3. The summed E-state index contributed by atoms with van der Waals surface area (Å²) in [6, 6.07) is 0. The summed E-state index contributed by atoms with van der Waals surface area (Å²) in [6.45, 7) is 6.71. The topological polar surface area (TPSA) is 58.0 Å². The van der Waals surface area contributed by atoms with Gasteiger partial charge in [-0.15, -0.1) is 0 Å². The molecule has 0 amide bonds. The van der Waals surface area contributed by atoms with Gasteiger partial charge in [-0.25, -0.2) is 0 Å². The molecule has 2 heterocycles. The molecule has 0 aliphatic carbocycles. The summed E-state index contributed by atoms with van der Waals surface area (Å²) in [5, 5.41) is 12.1. The van der Waals surface area contributed by atoms with Crippen LogP contribution in [0.2, 0.25) is 0 Å². The number of ether oxygens (including phenoxy) is 1. The fourth-order valence-electron chi connectivity index (χ4n) is 2.51. The molecule has 0 unspecified atom stereocenters. The highest BCUT2D eigenvalue weighted by Crippen LogP contribution is 2.25. The fraction of sp³-hybridized carbons (Fsp3) is 0.571. The maximum Gasteiger partial charge on any atom is 0.128 e. The van der Waals surface area contributed by atoms with E-state index < -0.39 is 0 Å². The highest BCUT2D eigenvalue weighted by atomic mass is 16.5. The van der Waals surface area contributed by atoms with Crippen LogP contribution in [-0.4, -0.2) is 41.0 Å². The van der Waals surface area contributed by atoms with E-state index >= 15 is 0 Å². The van der Waals surface area contributed by atoms with Crippen molar-refractivity contribution < 1.29 is 9.94 Å². The van der Waals surface area contributed by atoms with Crippen molar-refractivity contribution in [2.24, 2.45) is 5.16 Å². The SMILES string of the molecule is COc1c(C)cnc(CN2CCC(=NO)CC2)c1C. The summed E-state index contributed by atoms with van der Waals surface area (Å²) < 4.78 is 5.43. The van der Waals surface area contributed by atoms with Gasteiger partial charge in [0.05, 0.1) is 18.5 Å². The largest absolute Gasteiger partial charge is 0.496 e. The Hall–Kier alpha value is -1.62. The Labute approximate surface area is 113 Å². The average Bonchev–Trinajstić information content (AvgIpc) is 2.43. The quantitative estimate of drug-likeness (QED) is 0.670. The molecular weight excluding hydrogens is 242 g/mol. The molecule has 104 valence electrons. The third kappa shape index (κ3) is 3.04. The van der Waals surface area contributed by atoms with Crippen LogP contribution in [0, 0.1) is 13.8 Å². The van der Waals surface area contributed by atoms with Crippen molar-refractivity contribution in [2.75, 3.05) is 20.2 Å². The standard InChI is InChI=1S/C14H21N3O2/c1-10-8-15-13(11(2)14(10)19-3)9-17-6-4-12(16-18)5-7-17/h8,18H,4-7,9H2,1-3H3. The zero-order valence-electron chi connectivity index (χ0n) is 11.8. The van der Waals surface area contributed by atoms with Crippen molar-refractivity contribution in [3.8, 4) is 5.75 Å². The number of rotatable bonds is 3. The van der Waals surface area contributed by atoms with E-state index in [0.29, 0.717) is 0 Å². The summed E-state index contributed by atoms with van der Waals surface area (Å²) in [6.07, 6.45) is 3.53. The number of hydrogen-bond acceptors (Lipinski definition) is 5. The molecule has 1 N–H and O–H groups in total. The van der Waals surface area contributed by atoms with Gasteiger partial charge in [0.1, 0.15) is 5.75 Å². The van der Waals surface area contributed by atoms with E-state index in [-0.39, 0.29) is 0 Å². The fourth-order valence-corrected chi connectivity index (χ4v) is 2.51. The summed E-state index contributed by atoms with van der Waals surface area (Å²) in [5.74, 6) is 0.930. The van der Waals surface area contributed by atoms with Crippen molar-refractivity contribution in [3.05, 3.63) is 23.0 Å². The maximum absolute atomic E-state index is 8.75. The Bertz CT molecular complexity index is 476. The molecule has 1 aromatic rings. The molecule has 2 rings (SSSR count). The van der Waals surface area contributed by atoms with Gasteiger partial charge in [0, 0.05) is 49.8 Å². The molecule has 5 heteroatoms. The van der Waals surface area contributed by atoms with Crippen LogP contribution in [0.15, 0.2) is 11.4 Å². The minimum Gasteiger partial charge on any atom is -0.496 e. The van der Waals surface area contributed by atoms with Crippen LogP contribution < -0.4 is 4.74 Å². The van der Waals surface area contributed by atoms with E-state index in [1.807, 2.05) is 13.1 Å². The smallest absolute Gasteiger partial charge is 0.128 e. The van der Waals surface area contributed by atoms with Crippen LogP contribution in [0.25, 0.3) is 0 Å². The first-order valence-electron chi connectivity index (χ1n) is 6.57. The van der Waals surface area contributed by atoms with Gasteiger partial charge in [0.2, 0.25) is 0 Å². The Morgan fingerprint density at radius 2 is 2.05 bits per heavy atom.